The maximum atomic E-state index is 10.8. The molecule has 2 heterocycles. The van der Waals surface area contributed by atoms with Gasteiger partial charge in [0, 0.05) is 26.6 Å². The summed E-state index contributed by atoms with van der Waals surface area (Å²) in [4.78, 5) is 13.2. The number of aromatic nitrogens is 2. The van der Waals surface area contributed by atoms with Crippen LogP contribution in [0, 0.1) is 5.92 Å². The van der Waals surface area contributed by atoms with E-state index in [2.05, 4.69) is 23.0 Å². The summed E-state index contributed by atoms with van der Waals surface area (Å²) >= 11 is 0. The summed E-state index contributed by atoms with van der Waals surface area (Å²) in [7, 11) is 1.98. The summed E-state index contributed by atoms with van der Waals surface area (Å²) in [5.41, 5.74) is 2.34. The number of likely N-dealkylation sites (tertiary alicyclic amines) is 1. The molecule has 1 saturated heterocycles. The molecule has 106 valence electrons. The third-order valence-corrected chi connectivity index (χ3v) is 3.84. The normalized spacial score (nSPS) is 20.6. The number of carbonyl (C=O) groups is 1. The number of piperidine rings is 1. The van der Waals surface area contributed by atoms with Gasteiger partial charge in [-0.25, -0.2) is 0 Å². The fourth-order valence-electron chi connectivity index (χ4n) is 2.83. The first kappa shape index (κ1) is 14.1. The van der Waals surface area contributed by atoms with Crippen LogP contribution in [0.3, 0.4) is 0 Å². The minimum Gasteiger partial charge on any atom is -0.481 e. The first-order chi connectivity index (χ1) is 9.08. The minimum absolute atomic E-state index is 0.294. The van der Waals surface area contributed by atoms with Gasteiger partial charge in [0.15, 0.2) is 0 Å². The Hall–Kier alpha value is -1.36. The van der Waals surface area contributed by atoms with Crippen molar-refractivity contribution in [2.24, 2.45) is 13.0 Å². The average molecular weight is 265 g/mol. The van der Waals surface area contributed by atoms with E-state index < -0.39 is 5.97 Å². The van der Waals surface area contributed by atoms with Gasteiger partial charge >= 0.3 is 5.97 Å². The Balaban J connectivity index is 1.94. The van der Waals surface area contributed by atoms with Crippen LogP contribution in [0.2, 0.25) is 0 Å². The van der Waals surface area contributed by atoms with E-state index in [0.717, 1.165) is 44.6 Å². The third-order valence-electron chi connectivity index (χ3n) is 3.84. The Bertz CT molecular complexity index is 442. The third kappa shape index (κ3) is 3.80. The van der Waals surface area contributed by atoms with Crippen molar-refractivity contribution >= 4 is 5.97 Å². The van der Waals surface area contributed by atoms with E-state index in [1.807, 2.05) is 11.7 Å². The molecule has 0 aromatic carbocycles. The Morgan fingerprint density at radius 2 is 2.37 bits per heavy atom. The summed E-state index contributed by atoms with van der Waals surface area (Å²) in [6.45, 7) is 4.93. The lowest BCUT2D eigenvalue weighted by Gasteiger charge is -2.31. The molecule has 0 amide bonds. The fraction of sp³-hybridized carbons (Fsp3) is 0.714. The Labute approximate surface area is 114 Å². The number of hydrogen-bond acceptors (Lipinski definition) is 3. The van der Waals surface area contributed by atoms with Gasteiger partial charge in [0.05, 0.1) is 11.4 Å². The van der Waals surface area contributed by atoms with E-state index in [1.165, 1.54) is 5.69 Å². The SMILES string of the molecule is CCc1cc(CN2CCCC(CC(=O)O)C2)n(C)n1. The number of aliphatic carboxylic acids is 1. The quantitative estimate of drug-likeness (QED) is 0.880. The van der Waals surface area contributed by atoms with E-state index in [-0.39, 0.29) is 0 Å². The molecule has 1 fully saturated rings. The van der Waals surface area contributed by atoms with Gasteiger partial charge in [-0.3, -0.25) is 14.4 Å². The van der Waals surface area contributed by atoms with Crippen molar-refractivity contribution in [3.8, 4) is 0 Å². The van der Waals surface area contributed by atoms with Crippen LogP contribution in [0.1, 0.15) is 37.6 Å². The lowest BCUT2D eigenvalue weighted by molar-refractivity contribution is -0.138. The highest BCUT2D eigenvalue weighted by atomic mass is 16.4. The van der Waals surface area contributed by atoms with E-state index in [0.29, 0.717) is 12.3 Å². The van der Waals surface area contributed by atoms with Crippen molar-refractivity contribution in [3.05, 3.63) is 17.5 Å². The van der Waals surface area contributed by atoms with E-state index in [9.17, 15) is 4.79 Å². The zero-order chi connectivity index (χ0) is 13.8. The van der Waals surface area contributed by atoms with Crippen LogP contribution in [-0.2, 0) is 24.8 Å². The van der Waals surface area contributed by atoms with E-state index in [4.69, 9.17) is 5.11 Å². The van der Waals surface area contributed by atoms with Crippen LogP contribution in [-0.4, -0.2) is 38.8 Å². The molecule has 1 atom stereocenters. The molecule has 1 unspecified atom stereocenters. The van der Waals surface area contributed by atoms with Crippen molar-refractivity contribution < 1.29 is 9.90 Å². The topological polar surface area (TPSA) is 58.4 Å². The van der Waals surface area contributed by atoms with Gasteiger partial charge < -0.3 is 5.11 Å². The molecule has 0 spiro atoms. The monoisotopic (exact) mass is 265 g/mol. The van der Waals surface area contributed by atoms with Gasteiger partial charge in [-0.15, -0.1) is 0 Å². The van der Waals surface area contributed by atoms with Crippen LogP contribution in [0.15, 0.2) is 6.07 Å². The summed E-state index contributed by atoms with van der Waals surface area (Å²) in [6.07, 6.45) is 3.38. The molecule has 1 aromatic rings. The second-order valence-corrected chi connectivity index (χ2v) is 5.45. The Morgan fingerprint density at radius 1 is 1.58 bits per heavy atom. The summed E-state index contributed by atoms with van der Waals surface area (Å²) in [5, 5.41) is 13.3. The van der Waals surface area contributed by atoms with Crippen LogP contribution in [0.25, 0.3) is 0 Å². The number of hydrogen-bond donors (Lipinski definition) is 1. The minimum atomic E-state index is -0.680. The van der Waals surface area contributed by atoms with Crippen molar-refractivity contribution in [2.45, 2.75) is 39.2 Å². The predicted molar refractivity (Wildman–Crippen MR) is 72.8 cm³/mol. The van der Waals surface area contributed by atoms with Crippen molar-refractivity contribution in [2.75, 3.05) is 13.1 Å². The Morgan fingerprint density at radius 3 is 3.00 bits per heavy atom. The number of carboxylic acid groups (broad SMARTS) is 1. The molecule has 2 rings (SSSR count). The second kappa shape index (κ2) is 6.19. The molecule has 0 radical (unpaired) electrons. The highest BCUT2D eigenvalue weighted by Crippen LogP contribution is 2.21. The molecule has 5 heteroatoms. The predicted octanol–water partition coefficient (Wildman–Crippen LogP) is 1.67. The molecule has 0 saturated carbocycles. The number of carboxylic acids is 1. The second-order valence-electron chi connectivity index (χ2n) is 5.45. The highest BCUT2D eigenvalue weighted by Gasteiger charge is 2.22. The van der Waals surface area contributed by atoms with Crippen molar-refractivity contribution in [1.82, 2.24) is 14.7 Å². The van der Waals surface area contributed by atoms with Crippen LogP contribution >= 0.6 is 0 Å². The van der Waals surface area contributed by atoms with Gasteiger partial charge in [0.2, 0.25) is 0 Å². The lowest BCUT2D eigenvalue weighted by atomic mass is 9.95. The molecular weight excluding hydrogens is 242 g/mol. The zero-order valence-electron chi connectivity index (χ0n) is 11.8. The first-order valence-corrected chi connectivity index (χ1v) is 7.04. The lowest BCUT2D eigenvalue weighted by Crippen LogP contribution is -2.36. The summed E-state index contributed by atoms with van der Waals surface area (Å²) in [6, 6.07) is 2.15. The number of nitrogens with zero attached hydrogens (tertiary/aromatic N) is 3. The van der Waals surface area contributed by atoms with Crippen LogP contribution in [0.5, 0.6) is 0 Å². The Kier molecular flexibility index (Phi) is 4.58. The van der Waals surface area contributed by atoms with Crippen LogP contribution in [0.4, 0.5) is 0 Å². The van der Waals surface area contributed by atoms with Crippen molar-refractivity contribution in [1.29, 1.82) is 0 Å². The molecule has 1 aliphatic rings. The molecule has 0 bridgehead atoms. The number of aryl methyl sites for hydroxylation is 2. The van der Waals surface area contributed by atoms with Gasteiger partial charge in [-0.1, -0.05) is 6.92 Å². The molecular formula is C14H23N3O2. The summed E-state index contributed by atoms with van der Waals surface area (Å²) in [5.74, 6) is -0.384. The fourth-order valence-corrected chi connectivity index (χ4v) is 2.83. The zero-order valence-corrected chi connectivity index (χ0v) is 11.8. The van der Waals surface area contributed by atoms with Gasteiger partial charge in [-0.05, 0) is 37.8 Å². The standard InChI is InChI=1S/C14H23N3O2/c1-3-12-8-13(16(2)15-12)10-17-6-4-5-11(9-17)7-14(18)19/h8,11H,3-7,9-10H2,1-2H3,(H,18,19). The molecule has 1 N–H and O–H groups in total. The first-order valence-electron chi connectivity index (χ1n) is 7.04. The van der Waals surface area contributed by atoms with E-state index in [1.54, 1.807) is 0 Å². The maximum absolute atomic E-state index is 10.8. The smallest absolute Gasteiger partial charge is 0.303 e. The maximum Gasteiger partial charge on any atom is 0.303 e. The van der Waals surface area contributed by atoms with E-state index >= 15 is 0 Å². The van der Waals surface area contributed by atoms with Crippen molar-refractivity contribution in [3.63, 3.8) is 0 Å². The van der Waals surface area contributed by atoms with Crippen LogP contribution < -0.4 is 0 Å². The van der Waals surface area contributed by atoms with Gasteiger partial charge in [-0.2, -0.15) is 5.10 Å². The molecule has 19 heavy (non-hydrogen) atoms. The molecule has 5 nitrogen and oxygen atoms in total. The van der Waals surface area contributed by atoms with Gasteiger partial charge in [0.1, 0.15) is 0 Å². The molecule has 1 aromatic heterocycles. The largest absolute Gasteiger partial charge is 0.481 e. The summed E-state index contributed by atoms with van der Waals surface area (Å²) < 4.78 is 1.94. The number of rotatable bonds is 5. The molecule has 0 aliphatic carbocycles. The average Bonchev–Trinajstić information content (AvgIpc) is 2.70. The molecule has 1 aliphatic heterocycles. The van der Waals surface area contributed by atoms with Gasteiger partial charge in [0.25, 0.3) is 0 Å². The highest BCUT2D eigenvalue weighted by molar-refractivity contribution is 5.67.